The molecule has 2 atom stereocenters. The molecule has 3 N–H and O–H groups in total. The number of hydrogen-bond acceptors (Lipinski definition) is 8. The summed E-state index contributed by atoms with van der Waals surface area (Å²) in [7, 11) is 0. The molecule has 0 radical (unpaired) electrons. The van der Waals surface area contributed by atoms with Gasteiger partial charge in [0.15, 0.2) is 5.65 Å². The number of amides is 2. The number of nitrogens with two attached hydrogens (primary N) is 1. The van der Waals surface area contributed by atoms with E-state index in [1.165, 1.54) is 18.6 Å². The molecule has 2 unspecified atom stereocenters. The fourth-order valence-electron chi connectivity index (χ4n) is 5.67. The van der Waals surface area contributed by atoms with Crippen LogP contribution in [0.25, 0.3) is 22.4 Å². The molecule has 6 rings (SSSR count). The molecule has 11 nitrogen and oxygen atoms in total. The summed E-state index contributed by atoms with van der Waals surface area (Å²) in [5.74, 6) is 1.30. The van der Waals surface area contributed by atoms with Gasteiger partial charge in [-0.15, -0.1) is 0 Å². The van der Waals surface area contributed by atoms with Crippen LogP contribution in [-0.4, -0.2) is 59.5 Å². The molecule has 11 heteroatoms. The lowest BCUT2D eigenvalue weighted by Gasteiger charge is -2.18. The molecule has 5 heterocycles. The number of hydrogen-bond donors (Lipinski definition) is 2. The van der Waals surface area contributed by atoms with Crippen LogP contribution in [0.4, 0.5) is 11.6 Å². The Bertz CT molecular complexity index is 1550. The monoisotopic (exact) mass is 509 g/mol. The number of likely N-dealkylation sites (tertiary alicyclic amines) is 1. The van der Waals surface area contributed by atoms with Crippen LogP contribution in [0.3, 0.4) is 0 Å². The van der Waals surface area contributed by atoms with Crippen LogP contribution in [0.5, 0.6) is 0 Å². The van der Waals surface area contributed by atoms with Gasteiger partial charge in [-0.3, -0.25) is 14.6 Å². The number of anilines is 2. The van der Waals surface area contributed by atoms with Crippen LogP contribution in [0.15, 0.2) is 55.6 Å². The molecule has 4 aromatic heterocycles. The van der Waals surface area contributed by atoms with Crippen molar-refractivity contribution in [1.82, 2.24) is 34.6 Å². The van der Waals surface area contributed by atoms with Gasteiger partial charge < -0.3 is 16.0 Å². The van der Waals surface area contributed by atoms with Crippen molar-refractivity contribution in [2.75, 3.05) is 24.1 Å². The summed E-state index contributed by atoms with van der Waals surface area (Å²) in [6.45, 7) is 7.01. The minimum Gasteiger partial charge on any atom is -0.383 e. The third-order valence-electron chi connectivity index (χ3n) is 7.50. The number of aromatic nitrogens is 6. The first-order chi connectivity index (χ1) is 18.4. The molecule has 0 aromatic carbocycles. The first kappa shape index (κ1) is 23.7. The second-order valence-electron chi connectivity index (χ2n) is 9.95. The molecule has 2 amide bonds. The minimum absolute atomic E-state index is 0.0124. The van der Waals surface area contributed by atoms with Crippen LogP contribution in [-0.2, 0) is 4.79 Å². The molecule has 0 spiro atoms. The van der Waals surface area contributed by atoms with Crippen LogP contribution in [0.1, 0.15) is 34.8 Å². The number of pyridine rings is 2. The quantitative estimate of drug-likeness (QED) is 0.391. The summed E-state index contributed by atoms with van der Waals surface area (Å²) < 4.78 is 1.94. The Morgan fingerprint density at radius 2 is 1.89 bits per heavy atom. The summed E-state index contributed by atoms with van der Waals surface area (Å²) >= 11 is 0. The number of nitrogens with zero attached hydrogens (tertiary/aromatic N) is 7. The van der Waals surface area contributed by atoms with E-state index in [0.717, 1.165) is 31.5 Å². The average molecular weight is 510 g/mol. The number of rotatable bonds is 5. The predicted octanol–water partition coefficient (Wildman–Crippen LogP) is 3.02. The summed E-state index contributed by atoms with van der Waals surface area (Å²) in [5, 5.41) is 8.35. The lowest BCUT2D eigenvalue weighted by atomic mass is 10.0. The van der Waals surface area contributed by atoms with Crippen LogP contribution >= 0.6 is 0 Å². The van der Waals surface area contributed by atoms with E-state index in [4.69, 9.17) is 10.8 Å². The Balaban J connectivity index is 1.27. The summed E-state index contributed by atoms with van der Waals surface area (Å²) in [6.07, 6.45) is 7.77. The molecule has 1 aliphatic heterocycles. The average Bonchev–Trinajstić information content (AvgIpc) is 3.60. The van der Waals surface area contributed by atoms with Crippen molar-refractivity contribution in [3.8, 4) is 11.4 Å². The van der Waals surface area contributed by atoms with Crippen molar-refractivity contribution >= 4 is 34.5 Å². The molecule has 192 valence electrons. The van der Waals surface area contributed by atoms with E-state index in [-0.39, 0.29) is 17.9 Å². The Morgan fingerprint density at radius 3 is 2.58 bits per heavy atom. The second kappa shape index (κ2) is 9.33. The highest BCUT2D eigenvalue weighted by atomic mass is 16.2. The third kappa shape index (κ3) is 4.15. The predicted molar refractivity (Wildman–Crippen MR) is 142 cm³/mol. The summed E-state index contributed by atoms with van der Waals surface area (Å²) in [4.78, 5) is 44.1. The molecular formula is C27H27N9O2. The Morgan fingerprint density at radius 1 is 1.11 bits per heavy atom. The summed E-state index contributed by atoms with van der Waals surface area (Å²) in [6, 6.07) is 7.24. The largest absolute Gasteiger partial charge is 0.383 e. The fraction of sp³-hybridized carbons (Fsp3) is 0.296. The van der Waals surface area contributed by atoms with Crippen molar-refractivity contribution in [2.45, 2.75) is 25.8 Å². The van der Waals surface area contributed by atoms with Gasteiger partial charge in [-0.2, -0.15) is 5.10 Å². The van der Waals surface area contributed by atoms with E-state index in [2.05, 4.69) is 31.8 Å². The molecule has 0 bridgehead atoms. The lowest BCUT2D eigenvalue weighted by Crippen LogP contribution is -2.28. The van der Waals surface area contributed by atoms with Gasteiger partial charge >= 0.3 is 0 Å². The molecule has 2 aliphatic rings. The minimum atomic E-state index is -0.304. The maximum absolute atomic E-state index is 12.7. The van der Waals surface area contributed by atoms with Crippen molar-refractivity contribution in [1.29, 1.82) is 0 Å². The normalized spacial score (nSPS) is 20.4. The van der Waals surface area contributed by atoms with Gasteiger partial charge in [-0.25, -0.2) is 19.6 Å². The van der Waals surface area contributed by atoms with Crippen LogP contribution in [0.2, 0.25) is 0 Å². The molecule has 1 saturated carbocycles. The Labute approximate surface area is 218 Å². The number of aryl methyl sites for hydroxylation is 1. The van der Waals surface area contributed by atoms with Gasteiger partial charge in [0.25, 0.3) is 5.91 Å². The second-order valence-corrected chi connectivity index (χ2v) is 9.95. The van der Waals surface area contributed by atoms with Crippen molar-refractivity contribution in [2.24, 2.45) is 11.8 Å². The molecule has 2 fully saturated rings. The van der Waals surface area contributed by atoms with Gasteiger partial charge in [0.05, 0.1) is 22.7 Å². The number of fused-ring (bicyclic) bond motifs is 2. The number of nitrogen functional groups attached to an aromatic ring is 1. The third-order valence-corrected chi connectivity index (χ3v) is 7.50. The maximum Gasteiger partial charge on any atom is 0.258 e. The first-order valence-corrected chi connectivity index (χ1v) is 12.5. The summed E-state index contributed by atoms with van der Waals surface area (Å²) in [5.41, 5.74) is 9.48. The number of carbonyl (C=O) groups excluding carboxylic acids is 2. The zero-order valence-corrected chi connectivity index (χ0v) is 20.9. The first-order valence-electron chi connectivity index (χ1n) is 12.5. The van der Waals surface area contributed by atoms with Crippen LogP contribution in [0, 0.1) is 18.8 Å². The maximum atomic E-state index is 12.7. The SMILES string of the molecule is C=CC(=O)N1CC2CC(n3nc(-c4ccc(C(=O)Nc5cc(C)ccn5)cn4)c4c(N)ncnc43)CC2C1. The Kier molecular flexibility index (Phi) is 5.82. The van der Waals surface area contributed by atoms with Crippen LogP contribution < -0.4 is 11.1 Å². The highest BCUT2D eigenvalue weighted by Gasteiger charge is 2.43. The number of carbonyl (C=O) groups is 2. The smallest absolute Gasteiger partial charge is 0.258 e. The van der Waals surface area contributed by atoms with Gasteiger partial charge in [-0.1, -0.05) is 6.58 Å². The molecular weight excluding hydrogens is 482 g/mol. The van der Waals surface area contributed by atoms with Crippen molar-refractivity contribution in [3.63, 3.8) is 0 Å². The van der Waals surface area contributed by atoms with E-state index in [9.17, 15) is 9.59 Å². The molecule has 1 aliphatic carbocycles. The van der Waals surface area contributed by atoms with Gasteiger partial charge in [0.1, 0.15) is 23.7 Å². The Hall–Kier alpha value is -4.67. The standard InChI is InChI=1S/C27H27N9O2/c1-3-22(37)35-12-17-9-19(10-18(17)13-35)36-26-23(25(28)31-14-32-26)24(34-36)20-5-4-16(11-30-20)27(38)33-21-8-15(2)6-7-29-21/h3-8,11,14,17-19H,1,9-10,12-13H2,2H3,(H2,28,31,32)(H,29,33,38). The zero-order valence-electron chi connectivity index (χ0n) is 20.9. The molecule has 4 aromatic rings. The van der Waals surface area contributed by atoms with Crippen molar-refractivity contribution in [3.05, 3.63) is 66.8 Å². The van der Waals surface area contributed by atoms with Gasteiger partial charge in [0, 0.05) is 25.5 Å². The lowest BCUT2D eigenvalue weighted by molar-refractivity contribution is -0.125. The van der Waals surface area contributed by atoms with E-state index >= 15 is 0 Å². The van der Waals surface area contributed by atoms with Gasteiger partial charge in [-0.05, 0) is 67.5 Å². The molecule has 1 saturated heterocycles. The fourth-order valence-corrected chi connectivity index (χ4v) is 5.67. The topological polar surface area (TPSA) is 145 Å². The highest BCUT2D eigenvalue weighted by molar-refractivity contribution is 6.04. The highest BCUT2D eigenvalue weighted by Crippen LogP contribution is 2.45. The van der Waals surface area contributed by atoms with E-state index in [1.807, 2.05) is 22.6 Å². The van der Waals surface area contributed by atoms with E-state index < -0.39 is 0 Å². The van der Waals surface area contributed by atoms with E-state index in [0.29, 0.717) is 51.5 Å². The van der Waals surface area contributed by atoms with E-state index in [1.54, 1.807) is 24.4 Å². The molecule has 38 heavy (non-hydrogen) atoms. The zero-order chi connectivity index (χ0) is 26.4. The van der Waals surface area contributed by atoms with Gasteiger partial charge in [0.2, 0.25) is 5.91 Å². The van der Waals surface area contributed by atoms with Crippen molar-refractivity contribution < 1.29 is 9.59 Å². The number of nitrogens with one attached hydrogen (secondary N) is 1.